The van der Waals surface area contributed by atoms with Gasteiger partial charge < -0.3 is 4.90 Å². The Balaban J connectivity index is 1.03. The maximum Gasteiger partial charge on any atom is 0.115 e. The first-order valence-electron chi connectivity index (χ1n) is 18.6. The number of benzene rings is 5. The molecule has 6 aromatic rings. The fourth-order valence-electron chi connectivity index (χ4n) is 11.9. The van der Waals surface area contributed by atoms with Crippen molar-refractivity contribution in [2.75, 3.05) is 4.90 Å². The number of hydrogen-bond donors (Lipinski definition) is 0. The standard InChI is InChI=1S/C47H41N3/c1-46(2)40-10-5-4-9-39(40)45-42(46)12-7-13-44(45)50(36-26-48-28-49-27-36)35-17-14-31(15-18-35)32-16-19-38-37-8-3-6-11-41(37)47(43(38)25-32)33-21-29-20-30(23-33)24-34(47)22-29/h3-19,25-30,33-34H,20-24H2,1-2H3. The molecule has 4 bridgehead atoms. The monoisotopic (exact) mass is 647 g/mol. The van der Waals surface area contributed by atoms with Crippen LogP contribution in [-0.2, 0) is 10.8 Å². The van der Waals surface area contributed by atoms with Gasteiger partial charge in [0.1, 0.15) is 6.33 Å². The Kier molecular flexibility index (Phi) is 5.91. The Bertz CT molecular complexity index is 2290. The van der Waals surface area contributed by atoms with Crippen LogP contribution in [0.25, 0.3) is 33.4 Å². The van der Waals surface area contributed by atoms with Crippen LogP contribution in [0.1, 0.15) is 68.2 Å². The minimum Gasteiger partial charge on any atom is -0.307 e. The summed E-state index contributed by atoms with van der Waals surface area (Å²) in [5.74, 6) is 3.42. The first-order valence-corrected chi connectivity index (χ1v) is 18.6. The van der Waals surface area contributed by atoms with Crippen LogP contribution < -0.4 is 4.90 Å². The topological polar surface area (TPSA) is 29.0 Å². The summed E-state index contributed by atoms with van der Waals surface area (Å²) in [4.78, 5) is 11.3. The minimum absolute atomic E-state index is 0.0769. The summed E-state index contributed by atoms with van der Waals surface area (Å²) < 4.78 is 0. The predicted octanol–water partition coefficient (Wildman–Crippen LogP) is 11.6. The molecule has 50 heavy (non-hydrogen) atoms. The third kappa shape index (κ3) is 3.76. The molecule has 3 nitrogen and oxygen atoms in total. The van der Waals surface area contributed by atoms with E-state index in [-0.39, 0.29) is 10.8 Å². The molecule has 4 saturated carbocycles. The van der Waals surface area contributed by atoms with Gasteiger partial charge in [0.05, 0.1) is 23.8 Å². The Labute approximate surface area is 295 Å². The molecule has 0 amide bonds. The lowest BCUT2D eigenvalue weighted by atomic mass is 9.43. The number of nitrogens with zero attached hydrogens (tertiary/aromatic N) is 3. The zero-order valence-electron chi connectivity index (χ0n) is 28.8. The lowest BCUT2D eigenvalue weighted by Gasteiger charge is -2.61. The average Bonchev–Trinajstić information content (AvgIpc) is 3.57. The van der Waals surface area contributed by atoms with E-state index in [1.54, 1.807) is 17.5 Å². The first kappa shape index (κ1) is 28.8. The van der Waals surface area contributed by atoms with Crippen LogP contribution >= 0.6 is 0 Å². The lowest BCUT2D eigenvalue weighted by Crippen LogP contribution is -2.55. The summed E-state index contributed by atoms with van der Waals surface area (Å²) in [5.41, 5.74) is 17.4. The molecule has 5 aromatic carbocycles. The van der Waals surface area contributed by atoms with Crippen molar-refractivity contribution in [1.82, 2.24) is 9.97 Å². The molecule has 0 unspecified atom stereocenters. The third-order valence-corrected chi connectivity index (χ3v) is 13.6. The number of aromatic nitrogens is 2. The predicted molar refractivity (Wildman–Crippen MR) is 203 cm³/mol. The van der Waals surface area contributed by atoms with Crippen LogP contribution in [0, 0.1) is 23.7 Å². The normalized spacial score (nSPS) is 25.6. The van der Waals surface area contributed by atoms with Gasteiger partial charge in [0, 0.05) is 22.1 Å². The number of anilines is 3. The van der Waals surface area contributed by atoms with Crippen LogP contribution in [0.15, 0.2) is 128 Å². The lowest BCUT2D eigenvalue weighted by molar-refractivity contribution is -0.0399. The molecule has 0 N–H and O–H groups in total. The van der Waals surface area contributed by atoms with Crippen LogP contribution in [0.5, 0.6) is 0 Å². The molecule has 0 aliphatic heterocycles. The van der Waals surface area contributed by atoms with Crippen molar-refractivity contribution in [3.05, 3.63) is 150 Å². The highest BCUT2D eigenvalue weighted by atomic mass is 15.2. The van der Waals surface area contributed by atoms with Crippen LogP contribution in [0.2, 0.25) is 0 Å². The van der Waals surface area contributed by atoms with Crippen LogP contribution in [0.4, 0.5) is 17.1 Å². The summed E-state index contributed by atoms with van der Waals surface area (Å²) in [7, 11) is 0. The van der Waals surface area contributed by atoms with E-state index in [4.69, 9.17) is 0 Å². The molecule has 244 valence electrons. The van der Waals surface area contributed by atoms with E-state index in [1.807, 2.05) is 12.4 Å². The highest BCUT2D eigenvalue weighted by Gasteiger charge is 2.61. The Morgan fingerprint density at radius 3 is 1.90 bits per heavy atom. The van der Waals surface area contributed by atoms with Gasteiger partial charge in [-0.3, -0.25) is 0 Å². The highest BCUT2D eigenvalue weighted by molar-refractivity contribution is 5.95. The van der Waals surface area contributed by atoms with Gasteiger partial charge >= 0.3 is 0 Å². The molecule has 6 aliphatic rings. The maximum absolute atomic E-state index is 4.46. The van der Waals surface area contributed by atoms with E-state index in [0.717, 1.165) is 40.7 Å². The number of rotatable bonds is 4. The quantitative estimate of drug-likeness (QED) is 0.191. The second-order valence-electron chi connectivity index (χ2n) is 16.3. The molecule has 1 aromatic heterocycles. The summed E-state index contributed by atoms with van der Waals surface area (Å²) >= 11 is 0. The first-order chi connectivity index (χ1) is 24.5. The molecule has 1 heterocycles. The molecule has 12 rings (SSSR count). The molecule has 0 saturated heterocycles. The smallest absolute Gasteiger partial charge is 0.115 e. The van der Waals surface area contributed by atoms with Gasteiger partial charge in [0.15, 0.2) is 0 Å². The Hall–Kier alpha value is -5.02. The van der Waals surface area contributed by atoms with Crippen molar-refractivity contribution < 1.29 is 0 Å². The molecule has 1 spiro atoms. The summed E-state index contributed by atoms with van der Waals surface area (Å²) in [6, 6.07) is 41.7. The van der Waals surface area contributed by atoms with Crippen molar-refractivity contribution in [3.8, 4) is 33.4 Å². The van der Waals surface area contributed by atoms with E-state index in [0.29, 0.717) is 0 Å². The van der Waals surface area contributed by atoms with E-state index < -0.39 is 0 Å². The molecule has 4 fully saturated rings. The fraction of sp³-hybridized carbons (Fsp3) is 0.277. The van der Waals surface area contributed by atoms with Gasteiger partial charge in [-0.2, -0.15) is 0 Å². The molecule has 6 aliphatic carbocycles. The van der Waals surface area contributed by atoms with E-state index in [2.05, 4.69) is 138 Å². The van der Waals surface area contributed by atoms with Gasteiger partial charge in [-0.15, -0.1) is 0 Å². The SMILES string of the molecule is CC1(C)c2ccccc2-c2c(N(c3ccc(-c4ccc5c(c4)C4(c6ccccc6-5)C5CC6CC(C5)CC4C6)cc3)c3cncnc3)cccc21. The van der Waals surface area contributed by atoms with E-state index >= 15 is 0 Å². The van der Waals surface area contributed by atoms with Crippen LogP contribution in [-0.4, -0.2) is 9.97 Å². The fourth-order valence-corrected chi connectivity index (χ4v) is 11.9. The molecule has 3 heteroatoms. The van der Waals surface area contributed by atoms with Crippen molar-refractivity contribution >= 4 is 17.1 Å². The Morgan fingerprint density at radius 1 is 0.540 bits per heavy atom. The van der Waals surface area contributed by atoms with Crippen molar-refractivity contribution in [2.24, 2.45) is 23.7 Å². The third-order valence-electron chi connectivity index (χ3n) is 13.6. The second-order valence-corrected chi connectivity index (χ2v) is 16.3. The molecular weight excluding hydrogens is 607 g/mol. The van der Waals surface area contributed by atoms with Gasteiger partial charge in [0.2, 0.25) is 0 Å². The maximum atomic E-state index is 4.46. The van der Waals surface area contributed by atoms with Gasteiger partial charge in [0.25, 0.3) is 0 Å². The summed E-state index contributed by atoms with van der Waals surface area (Å²) in [6.45, 7) is 4.68. The highest BCUT2D eigenvalue weighted by Crippen LogP contribution is 2.69. The number of fused-ring (bicyclic) bond motifs is 6. The largest absolute Gasteiger partial charge is 0.307 e. The van der Waals surface area contributed by atoms with Crippen molar-refractivity contribution in [1.29, 1.82) is 0 Å². The molecular formula is C47H41N3. The minimum atomic E-state index is -0.0769. The van der Waals surface area contributed by atoms with E-state index in [9.17, 15) is 0 Å². The number of hydrogen-bond acceptors (Lipinski definition) is 3. The van der Waals surface area contributed by atoms with Crippen molar-refractivity contribution in [2.45, 2.75) is 56.8 Å². The van der Waals surface area contributed by atoms with Crippen molar-refractivity contribution in [3.63, 3.8) is 0 Å². The van der Waals surface area contributed by atoms with Gasteiger partial charge in [-0.1, -0.05) is 98.8 Å². The van der Waals surface area contributed by atoms with E-state index in [1.165, 1.54) is 76.6 Å². The van der Waals surface area contributed by atoms with Gasteiger partial charge in [-0.05, 0) is 130 Å². The molecule has 0 radical (unpaired) electrons. The van der Waals surface area contributed by atoms with Gasteiger partial charge in [-0.25, -0.2) is 9.97 Å². The van der Waals surface area contributed by atoms with Crippen LogP contribution in [0.3, 0.4) is 0 Å². The zero-order chi connectivity index (χ0) is 33.2. The summed E-state index contributed by atoms with van der Waals surface area (Å²) in [6.07, 6.45) is 12.6. The molecule has 0 atom stereocenters. The zero-order valence-corrected chi connectivity index (χ0v) is 28.8. The Morgan fingerprint density at radius 2 is 1.16 bits per heavy atom. The second kappa shape index (κ2) is 10.3. The summed E-state index contributed by atoms with van der Waals surface area (Å²) in [5, 5.41) is 0. The average molecular weight is 648 g/mol.